The van der Waals surface area contributed by atoms with Crippen molar-refractivity contribution < 1.29 is 0 Å². The molecule has 0 heteroatoms. The van der Waals surface area contributed by atoms with Gasteiger partial charge in [-0.05, 0) is 79.4 Å². The van der Waals surface area contributed by atoms with E-state index in [-0.39, 0.29) is 0 Å². The zero-order valence-corrected chi connectivity index (χ0v) is 23.6. The molecule has 0 bridgehead atoms. The summed E-state index contributed by atoms with van der Waals surface area (Å²) < 4.78 is 0. The molecule has 0 atom stereocenters. The van der Waals surface area contributed by atoms with E-state index < -0.39 is 5.41 Å². The average molecular weight is 535 g/mol. The van der Waals surface area contributed by atoms with Gasteiger partial charge in [0, 0.05) is 0 Å². The molecule has 0 heterocycles. The van der Waals surface area contributed by atoms with Crippen LogP contribution in [0.2, 0.25) is 0 Å². The van der Waals surface area contributed by atoms with Crippen LogP contribution in [0.3, 0.4) is 0 Å². The molecule has 198 valence electrons. The van der Waals surface area contributed by atoms with Crippen molar-refractivity contribution in [2.45, 2.75) is 12.3 Å². The highest BCUT2D eigenvalue weighted by Gasteiger charge is 2.46. The van der Waals surface area contributed by atoms with E-state index in [0.717, 1.165) is 0 Å². The Morgan fingerprint density at radius 2 is 0.905 bits per heavy atom. The Kier molecular flexibility index (Phi) is 5.69. The zero-order valence-electron chi connectivity index (χ0n) is 23.6. The summed E-state index contributed by atoms with van der Waals surface area (Å²) in [4.78, 5) is 0. The summed E-state index contributed by atoms with van der Waals surface area (Å²) in [7, 11) is 0. The molecule has 0 radical (unpaired) electrons. The van der Waals surface area contributed by atoms with Crippen molar-refractivity contribution >= 4 is 10.8 Å². The van der Waals surface area contributed by atoms with Gasteiger partial charge >= 0.3 is 0 Å². The highest BCUT2D eigenvalue weighted by Crippen LogP contribution is 2.56. The predicted octanol–water partition coefficient (Wildman–Crippen LogP) is 10.8. The van der Waals surface area contributed by atoms with Crippen molar-refractivity contribution in [2.75, 3.05) is 0 Å². The van der Waals surface area contributed by atoms with Crippen LogP contribution < -0.4 is 0 Å². The lowest BCUT2D eigenvalue weighted by atomic mass is 9.67. The van der Waals surface area contributed by atoms with Crippen molar-refractivity contribution in [1.29, 1.82) is 0 Å². The molecule has 0 unspecified atom stereocenters. The zero-order chi connectivity index (χ0) is 28.1. The average Bonchev–Trinajstić information content (AvgIpc) is 3.36. The summed E-state index contributed by atoms with van der Waals surface area (Å²) in [5.74, 6) is 0. The van der Waals surface area contributed by atoms with E-state index in [1.165, 1.54) is 72.0 Å². The number of aryl methyl sites for hydroxylation is 1. The van der Waals surface area contributed by atoms with Crippen LogP contribution in [-0.4, -0.2) is 0 Å². The third-order valence-electron chi connectivity index (χ3n) is 9.04. The monoisotopic (exact) mass is 534 g/mol. The van der Waals surface area contributed by atoms with E-state index >= 15 is 0 Å². The lowest BCUT2D eigenvalue weighted by Crippen LogP contribution is -2.28. The maximum Gasteiger partial charge on any atom is 0.0713 e. The summed E-state index contributed by atoms with van der Waals surface area (Å²) in [6.07, 6.45) is 0. The van der Waals surface area contributed by atoms with Crippen LogP contribution in [0.15, 0.2) is 164 Å². The van der Waals surface area contributed by atoms with Gasteiger partial charge in [0.15, 0.2) is 0 Å². The summed E-state index contributed by atoms with van der Waals surface area (Å²) >= 11 is 0. The Bertz CT molecular complexity index is 2020. The maximum absolute atomic E-state index is 2.47. The number of fused-ring (bicyclic) bond motifs is 4. The second-order valence-electron chi connectivity index (χ2n) is 11.4. The predicted molar refractivity (Wildman–Crippen MR) is 177 cm³/mol. The molecule has 0 saturated heterocycles. The van der Waals surface area contributed by atoms with Gasteiger partial charge in [-0.1, -0.05) is 163 Å². The van der Waals surface area contributed by atoms with Gasteiger partial charge in [0.25, 0.3) is 0 Å². The largest absolute Gasteiger partial charge is 0.0713 e. The molecule has 42 heavy (non-hydrogen) atoms. The van der Waals surface area contributed by atoms with Crippen molar-refractivity contribution in [3.05, 3.63) is 192 Å². The van der Waals surface area contributed by atoms with Gasteiger partial charge in [-0.25, -0.2) is 0 Å². The number of benzene rings is 7. The van der Waals surface area contributed by atoms with Crippen LogP contribution in [0.4, 0.5) is 0 Å². The molecule has 0 N–H and O–H groups in total. The van der Waals surface area contributed by atoms with Gasteiger partial charge in [0.05, 0.1) is 5.41 Å². The van der Waals surface area contributed by atoms with Gasteiger partial charge < -0.3 is 0 Å². The molecule has 0 aliphatic heterocycles. The first-order valence-corrected chi connectivity index (χ1v) is 14.7. The van der Waals surface area contributed by atoms with Gasteiger partial charge in [0.1, 0.15) is 0 Å². The van der Waals surface area contributed by atoms with E-state index in [4.69, 9.17) is 0 Å². The Morgan fingerprint density at radius 1 is 0.381 bits per heavy atom. The molecule has 0 spiro atoms. The smallest absolute Gasteiger partial charge is 0.0622 e. The summed E-state index contributed by atoms with van der Waals surface area (Å²) in [6, 6.07) is 60.5. The fourth-order valence-corrected chi connectivity index (χ4v) is 7.17. The van der Waals surface area contributed by atoms with E-state index in [1.54, 1.807) is 0 Å². The fourth-order valence-electron chi connectivity index (χ4n) is 7.17. The molecule has 0 aromatic heterocycles. The third kappa shape index (κ3) is 3.62. The summed E-state index contributed by atoms with van der Waals surface area (Å²) in [5.41, 5.74) is 13.8. The highest BCUT2D eigenvalue weighted by molar-refractivity contribution is 6.07. The van der Waals surface area contributed by atoms with Crippen LogP contribution in [0.1, 0.15) is 27.8 Å². The highest BCUT2D eigenvalue weighted by atomic mass is 14.5. The molecular formula is C42H30. The van der Waals surface area contributed by atoms with E-state index in [0.29, 0.717) is 0 Å². The first-order chi connectivity index (χ1) is 20.7. The second kappa shape index (κ2) is 9.72. The van der Waals surface area contributed by atoms with Crippen LogP contribution in [0.5, 0.6) is 0 Å². The first kappa shape index (κ1) is 24.6. The second-order valence-corrected chi connectivity index (χ2v) is 11.4. The molecule has 0 saturated carbocycles. The van der Waals surface area contributed by atoms with Crippen LogP contribution in [-0.2, 0) is 5.41 Å². The van der Waals surface area contributed by atoms with Gasteiger partial charge in [0.2, 0.25) is 0 Å². The van der Waals surface area contributed by atoms with E-state index in [2.05, 4.69) is 171 Å². The minimum Gasteiger partial charge on any atom is -0.0622 e. The Balaban J connectivity index is 1.44. The van der Waals surface area contributed by atoms with Gasteiger partial charge in [-0.3, -0.25) is 0 Å². The molecule has 1 aliphatic carbocycles. The third-order valence-corrected chi connectivity index (χ3v) is 9.04. The van der Waals surface area contributed by atoms with Crippen molar-refractivity contribution in [3.8, 4) is 33.4 Å². The van der Waals surface area contributed by atoms with Crippen LogP contribution in [0, 0.1) is 6.92 Å². The normalized spacial score (nSPS) is 13.1. The van der Waals surface area contributed by atoms with Crippen LogP contribution >= 0.6 is 0 Å². The summed E-state index contributed by atoms with van der Waals surface area (Å²) in [5, 5.41) is 2.55. The molecule has 0 fully saturated rings. The lowest BCUT2D eigenvalue weighted by Gasteiger charge is -2.34. The number of rotatable bonds is 4. The molecule has 0 nitrogen and oxygen atoms in total. The minimum atomic E-state index is -0.408. The first-order valence-electron chi connectivity index (χ1n) is 14.7. The number of hydrogen-bond acceptors (Lipinski definition) is 0. The Hall–Kier alpha value is -5.20. The standard InChI is InChI=1S/C42H30/c1-29-22-24-30(25-23-29)35-19-10-12-31-13-11-20-36(41(31)35)32-26-27-38-37-18-8-9-21-39(37)42(40(38)28-32,33-14-4-2-5-15-33)34-16-6-3-7-17-34/h2-28H,1H3. The Labute approximate surface area is 247 Å². The SMILES string of the molecule is Cc1ccc(-c2cccc3cccc(-c4ccc5c(c4)C(c4ccccc4)(c4ccccc4)c4ccccc4-5)c23)cc1. The van der Waals surface area contributed by atoms with Gasteiger partial charge in [-0.2, -0.15) is 0 Å². The number of hydrogen-bond donors (Lipinski definition) is 0. The van der Waals surface area contributed by atoms with Crippen molar-refractivity contribution in [1.82, 2.24) is 0 Å². The quantitative estimate of drug-likeness (QED) is 0.211. The van der Waals surface area contributed by atoms with Gasteiger partial charge in [-0.15, -0.1) is 0 Å². The minimum absolute atomic E-state index is 0.408. The Morgan fingerprint density at radius 3 is 1.57 bits per heavy atom. The maximum atomic E-state index is 2.47. The van der Waals surface area contributed by atoms with E-state index in [1.807, 2.05) is 0 Å². The fraction of sp³-hybridized carbons (Fsp3) is 0.0476. The van der Waals surface area contributed by atoms with Crippen molar-refractivity contribution in [3.63, 3.8) is 0 Å². The van der Waals surface area contributed by atoms with Crippen LogP contribution in [0.25, 0.3) is 44.2 Å². The summed E-state index contributed by atoms with van der Waals surface area (Å²) in [6.45, 7) is 2.15. The molecule has 8 rings (SSSR count). The lowest BCUT2D eigenvalue weighted by molar-refractivity contribution is 0.769. The van der Waals surface area contributed by atoms with E-state index in [9.17, 15) is 0 Å². The molecule has 1 aliphatic rings. The molecule has 7 aromatic rings. The topological polar surface area (TPSA) is 0 Å². The molecule has 0 amide bonds. The molecular weight excluding hydrogens is 504 g/mol. The molecule has 7 aromatic carbocycles. The van der Waals surface area contributed by atoms with Crippen molar-refractivity contribution in [2.24, 2.45) is 0 Å².